The zero-order chi connectivity index (χ0) is 21.4. The Bertz CT molecular complexity index is 1120. The van der Waals surface area contributed by atoms with Crippen LogP contribution in [0.25, 0.3) is 10.4 Å². The molecule has 162 valence electrons. The molecule has 2 aliphatic rings. The number of thiophene rings is 1. The van der Waals surface area contributed by atoms with Crippen LogP contribution in [-0.4, -0.2) is 33.0 Å². The summed E-state index contributed by atoms with van der Waals surface area (Å²) in [6.45, 7) is 5.90. The summed E-state index contributed by atoms with van der Waals surface area (Å²) in [5.41, 5.74) is 2.98. The second-order valence-corrected chi connectivity index (χ2v) is 11.4. The molecule has 6 heteroatoms. The number of nitrogens with zero attached hydrogens (tertiary/aromatic N) is 1. The van der Waals surface area contributed by atoms with Gasteiger partial charge >= 0.3 is 0 Å². The molecule has 2 fully saturated rings. The van der Waals surface area contributed by atoms with Crippen molar-refractivity contribution in [2.75, 3.05) is 24.4 Å². The van der Waals surface area contributed by atoms with Crippen LogP contribution in [0.5, 0.6) is 0 Å². The van der Waals surface area contributed by atoms with E-state index in [1.165, 1.54) is 38.0 Å². The lowest BCUT2D eigenvalue weighted by Crippen LogP contribution is -2.33. The van der Waals surface area contributed by atoms with E-state index in [4.69, 9.17) is 0 Å². The van der Waals surface area contributed by atoms with Crippen LogP contribution >= 0.6 is 11.3 Å². The molecule has 5 rings (SSSR count). The first kappa shape index (κ1) is 20.7. The third-order valence-corrected chi connectivity index (χ3v) is 9.06. The molecule has 4 nitrogen and oxygen atoms in total. The molecular weight excluding hydrogens is 424 g/mol. The molecule has 1 saturated carbocycles. The van der Waals surface area contributed by atoms with Gasteiger partial charge in [-0.25, -0.2) is 8.42 Å². The second-order valence-electron chi connectivity index (χ2n) is 8.75. The fourth-order valence-corrected chi connectivity index (χ4v) is 6.93. The Hall–Kier alpha value is -2.15. The van der Waals surface area contributed by atoms with Gasteiger partial charge in [0.2, 0.25) is 0 Å². The van der Waals surface area contributed by atoms with E-state index in [0.29, 0.717) is 11.6 Å². The highest BCUT2D eigenvalue weighted by atomic mass is 32.2. The van der Waals surface area contributed by atoms with Gasteiger partial charge in [-0.1, -0.05) is 37.3 Å². The van der Waals surface area contributed by atoms with Crippen molar-refractivity contribution in [1.82, 2.24) is 4.90 Å². The van der Waals surface area contributed by atoms with E-state index in [2.05, 4.69) is 28.7 Å². The van der Waals surface area contributed by atoms with Crippen LogP contribution in [0.1, 0.15) is 31.2 Å². The van der Waals surface area contributed by atoms with E-state index in [0.717, 1.165) is 22.3 Å². The number of hydrogen-bond donors (Lipinski definition) is 1. The van der Waals surface area contributed by atoms with Gasteiger partial charge in [-0.05, 0) is 84.0 Å². The number of nitrogens with one attached hydrogen (secondary N) is 1. The first-order valence-corrected chi connectivity index (χ1v) is 13.4. The van der Waals surface area contributed by atoms with Crippen LogP contribution in [0, 0.1) is 11.8 Å². The molecule has 1 aliphatic carbocycles. The highest BCUT2D eigenvalue weighted by molar-refractivity contribution is 7.92. The summed E-state index contributed by atoms with van der Waals surface area (Å²) >= 11 is 1.64. The predicted molar refractivity (Wildman–Crippen MR) is 128 cm³/mol. The molecular formula is C25H28N2O2S2. The van der Waals surface area contributed by atoms with E-state index < -0.39 is 10.0 Å². The number of anilines is 1. The second kappa shape index (κ2) is 8.41. The number of likely N-dealkylation sites (tertiary alicyclic amines) is 1. The van der Waals surface area contributed by atoms with E-state index in [9.17, 15) is 8.42 Å². The van der Waals surface area contributed by atoms with Crippen molar-refractivity contribution in [2.24, 2.45) is 11.8 Å². The maximum absolute atomic E-state index is 12.8. The third-order valence-electron chi connectivity index (χ3n) is 6.74. The molecule has 3 aromatic rings. The van der Waals surface area contributed by atoms with Gasteiger partial charge in [-0.2, -0.15) is 0 Å². The quantitative estimate of drug-likeness (QED) is 0.503. The first-order chi connectivity index (χ1) is 15.0. The maximum atomic E-state index is 12.8. The summed E-state index contributed by atoms with van der Waals surface area (Å²) in [5.74, 6) is 2.21. The van der Waals surface area contributed by atoms with Gasteiger partial charge in [0, 0.05) is 23.7 Å². The minimum Gasteiger partial charge on any atom is -0.303 e. The Morgan fingerprint density at radius 3 is 2.48 bits per heavy atom. The van der Waals surface area contributed by atoms with E-state index in [-0.39, 0.29) is 4.90 Å². The zero-order valence-electron chi connectivity index (χ0n) is 17.7. The standard InChI is InChI=1S/C25H28N2O2S2/c1-2-13-27-16-20-15-23(24(20)17-27)18-5-9-21(10-6-18)26-31(28,29)22-11-7-19(8-12-22)25-4-3-14-30-25/h3-12,14,20,23-24,26H,2,13,15-17H2,1H3/t20-,23-,24+/m0/s1. The smallest absolute Gasteiger partial charge is 0.261 e. The fraction of sp³-hybridized carbons (Fsp3) is 0.360. The summed E-state index contributed by atoms with van der Waals surface area (Å²) in [4.78, 5) is 4.01. The number of benzene rings is 2. The minimum atomic E-state index is -3.60. The molecule has 0 bridgehead atoms. The van der Waals surface area contributed by atoms with E-state index in [1.807, 2.05) is 41.8 Å². The monoisotopic (exact) mass is 452 g/mol. The normalized spacial score (nSPS) is 23.3. The van der Waals surface area contributed by atoms with Crippen molar-refractivity contribution < 1.29 is 8.42 Å². The first-order valence-electron chi connectivity index (χ1n) is 11.0. The van der Waals surface area contributed by atoms with Gasteiger partial charge in [0.15, 0.2) is 0 Å². The number of hydrogen-bond acceptors (Lipinski definition) is 4. The number of sulfonamides is 1. The molecule has 0 spiro atoms. The van der Waals surface area contributed by atoms with Crippen molar-refractivity contribution in [1.29, 1.82) is 0 Å². The summed E-state index contributed by atoms with van der Waals surface area (Å²) in [5, 5.41) is 2.02. The van der Waals surface area contributed by atoms with Gasteiger partial charge in [0.25, 0.3) is 10.0 Å². The Labute approximate surface area is 189 Å². The summed E-state index contributed by atoms with van der Waals surface area (Å²) < 4.78 is 28.4. The molecule has 3 atom stereocenters. The van der Waals surface area contributed by atoms with Gasteiger partial charge < -0.3 is 4.90 Å². The highest BCUT2D eigenvalue weighted by Gasteiger charge is 2.46. The van der Waals surface area contributed by atoms with Crippen LogP contribution in [-0.2, 0) is 10.0 Å². The van der Waals surface area contributed by atoms with Gasteiger partial charge in [-0.3, -0.25) is 4.72 Å². The molecule has 1 aromatic heterocycles. The van der Waals surface area contributed by atoms with Crippen molar-refractivity contribution in [3.05, 3.63) is 71.6 Å². The highest BCUT2D eigenvalue weighted by Crippen LogP contribution is 2.51. The Kier molecular flexibility index (Phi) is 5.63. The molecule has 31 heavy (non-hydrogen) atoms. The molecule has 0 unspecified atom stereocenters. The fourth-order valence-electron chi connectivity index (χ4n) is 5.13. The topological polar surface area (TPSA) is 49.4 Å². The zero-order valence-corrected chi connectivity index (χ0v) is 19.3. The SMILES string of the molecule is CCCN1C[C@@H]2C[C@@H](c3ccc(NS(=O)(=O)c4ccc(-c5cccs5)cc4)cc3)[C@@H]2C1. The number of fused-ring (bicyclic) bond motifs is 1. The Morgan fingerprint density at radius 1 is 1.03 bits per heavy atom. The average molecular weight is 453 g/mol. The van der Waals surface area contributed by atoms with Crippen molar-refractivity contribution in [3.8, 4) is 10.4 Å². The van der Waals surface area contributed by atoms with E-state index in [1.54, 1.807) is 23.5 Å². The van der Waals surface area contributed by atoms with Crippen LogP contribution in [0.4, 0.5) is 5.69 Å². The molecule has 2 heterocycles. The van der Waals surface area contributed by atoms with Gasteiger partial charge in [0.05, 0.1) is 4.90 Å². The minimum absolute atomic E-state index is 0.278. The van der Waals surface area contributed by atoms with Crippen LogP contribution < -0.4 is 4.72 Å². The lowest BCUT2D eigenvalue weighted by atomic mass is 9.64. The summed E-state index contributed by atoms with van der Waals surface area (Å²) in [7, 11) is -3.60. The van der Waals surface area contributed by atoms with Crippen LogP contribution in [0.2, 0.25) is 0 Å². The van der Waals surface area contributed by atoms with Crippen LogP contribution in [0.15, 0.2) is 70.9 Å². The van der Waals surface area contributed by atoms with Gasteiger partial charge in [-0.15, -0.1) is 11.3 Å². The average Bonchev–Trinajstić information content (AvgIpc) is 3.39. The molecule has 1 aliphatic heterocycles. The van der Waals surface area contributed by atoms with Crippen molar-refractivity contribution in [3.63, 3.8) is 0 Å². The van der Waals surface area contributed by atoms with Crippen molar-refractivity contribution >= 4 is 27.0 Å². The number of rotatable bonds is 7. The third kappa shape index (κ3) is 4.16. The lowest BCUT2D eigenvalue weighted by Gasteiger charge is -2.40. The predicted octanol–water partition coefficient (Wildman–Crippen LogP) is 5.66. The molecule has 2 aromatic carbocycles. The summed E-state index contributed by atoms with van der Waals surface area (Å²) in [6.07, 6.45) is 2.47. The molecule has 0 amide bonds. The summed E-state index contributed by atoms with van der Waals surface area (Å²) in [6, 6.07) is 19.1. The Morgan fingerprint density at radius 2 is 1.81 bits per heavy atom. The van der Waals surface area contributed by atoms with Crippen LogP contribution in [0.3, 0.4) is 0 Å². The molecule has 1 N–H and O–H groups in total. The van der Waals surface area contributed by atoms with E-state index >= 15 is 0 Å². The molecule has 1 saturated heterocycles. The largest absolute Gasteiger partial charge is 0.303 e. The maximum Gasteiger partial charge on any atom is 0.261 e. The lowest BCUT2D eigenvalue weighted by molar-refractivity contribution is 0.191. The van der Waals surface area contributed by atoms with Crippen molar-refractivity contribution in [2.45, 2.75) is 30.6 Å². The Balaban J connectivity index is 1.24. The molecule has 0 radical (unpaired) electrons. The van der Waals surface area contributed by atoms with Gasteiger partial charge in [0.1, 0.15) is 0 Å².